The maximum atomic E-state index is 13.0. The molecule has 3 aromatic rings. The van der Waals surface area contributed by atoms with Crippen LogP contribution in [-0.2, 0) is 11.2 Å². The van der Waals surface area contributed by atoms with E-state index in [2.05, 4.69) is 46.4 Å². The summed E-state index contributed by atoms with van der Waals surface area (Å²) in [5, 5.41) is 2.95. The minimum atomic E-state index is -0.370. The van der Waals surface area contributed by atoms with Crippen LogP contribution in [0.2, 0.25) is 0 Å². The van der Waals surface area contributed by atoms with Gasteiger partial charge in [-0.1, -0.05) is 29.8 Å². The van der Waals surface area contributed by atoms with Gasteiger partial charge in [-0.05, 0) is 63.9 Å². The number of nitrogens with zero attached hydrogens (tertiary/aromatic N) is 4. The molecule has 1 N–H and O–H groups in total. The van der Waals surface area contributed by atoms with Gasteiger partial charge in [-0.2, -0.15) is 0 Å². The average Bonchev–Trinajstić information content (AvgIpc) is 3.14. The number of nitrogens with one attached hydrogen (secondary N) is 1. The van der Waals surface area contributed by atoms with Crippen LogP contribution in [0.1, 0.15) is 51.9 Å². The van der Waals surface area contributed by atoms with Crippen LogP contribution < -0.4 is 10.2 Å². The molecular formula is C29H35N5O3. The highest BCUT2D eigenvalue weighted by Crippen LogP contribution is 2.25. The number of carbonyl (C=O) groups is 2. The first kappa shape index (κ1) is 26.1. The Hall–Kier alpha value is -3.94. The van der Waals surface area contributed by atoms with Gasteiger partial charge < -0.3 is 19.9 Å². The molecule has 2 aromatic carbocycles. The minimum Gasteiger partial charge on any atom is -0.462 e. The van der Waals surface area contributed by atoms with E-state index in [0.717, 1.165) is 42.3 Å². The van der Waals surface area contributed by atoms with Crippen molar-refractivity contribution in [3.05, 3.63) is 82.3 Å². The summed E-state index contributed by atoms with van der Waals surface area (Å²) in [5.41, 5.74) is 5.69. The van der Waals surface area contributed by atoms with Gasteiger partial charge in [0.2, 0.25) is 0 Å². The summed E-state index contributed by atoms with van der Waals surface area (Å²) in [5.74, 6) is 1.34. The third kappa shape index (κ3) is 6.64. The molecule has 1 aliphatic heterocycles. The smallest absolute Gasteiger partial charge is 0.338 e. The second kappa shape index (κ2) is 11.9. The molecule has 0 saturated carbocycles. The third-order valence-electron chi connectivity index (χ3n) is 6.54. The van der Waals surface area contributed by atoms with Crippen molar-refractivity contribution in [3.8, 4) is 0 Å². The van der Waals surface area contributed by atoms with Crippen molar-refractivity contribution in [2.24, 2.45) is 0 Å². The number of carbonyl (C=O) groups excluding carboxylic acids is 2. The first-order valence-corrected chi connectivity index (χ1v) is 12.8. The largest absolute Gasteiger partial charge is 0.462 e. The Morgan fingerprint density at radius 2 is 1.65 bits per heavy atom. The van der Waals surface area contributed by atoms with E-state index in [9.17, 15) is 9.59 Å². The van der Waals surface area contributed by atoms with Crippen LogP contribution >= 0.6 is 0 Å². The molecule has 1 fully saturated rings. The number of benzene rings is 2. The molecule has 194 valence electrons. The van der Waals surface area contributed by atoms with Crippen molar-refractivity contribution >= 4 is 23.5 Å². The molecule has 0 atom stereocenters. The van der Waals surface area contributed by atoms with Gasteiger partial charge in [0.25, 0.3) is 0 Å². The van der Waals surface area contributed by atoms with E-state index < -0.39 is 0 Å². The number of urea groups is 1. The predicted molar refractivity (Wildman–Crippen MR) is 145 cm³/mol. The van der Waals surface area contributed by atoms with Gasteiger partial charge in [0.1, 0.15) is 11.6 Å². The van der Waals surface area contributed by atoms with E-state index in [1.54, 1.807) is 31.2 Å². The summed E-state index contributed by atoms with van der Waals surface area (Å²) in [4.78, 5) is 38.5. The SMILES string of the molecule is CCOC(=O)c1ccc(NC(=O)N2CCCN(c3nc(C)nc(C)c3Cc3ccc(C)cc3)CC2)cc1. The summed E-state index contributed by atoms with van der Waals surface area (Å²) in [7, 11) is 0. The highest BCUT2D eigenvalue weighted by molar-refractivity contribution is 5.92. The number of anilines is 2. The molecular weight excluding hydrogens is 466 g/mol. The van der Waals surface area contributed by atoms with Gasteiger partial charge in [0.05, 0.1) is 12.2 Å². The number of ether oxygens (including phenoxy) is 1. The number of hydrogen-bond acceptors (Lipinski definition) is 6. The molecule has 1 saturated heterocycles. The molecule has 4 rings (SSSR count). The van der Waals surface area contributed by atoms with Crippen LogP contribution in [0.5, 0.6) is 0 Å². The second-order valence-corrected chi connectivity index (χ2v) is 9.38. The van der Waals surface area contributed by atoms with E-state index in [0.29, 0.717) is 37.5 Å². The van der Waals surface area contributed by atoms with Gasteiger partial charge in [-0.3, -0.25) is 0 Å². The summed E-state index contributed by atoms with van der Waals surface area (Å²) in [6, 6.07) is 15.2. The fraction of sp³-hybridized carbons (Fsp3) is 0.379. The lowest BCUT2D eigenvalue weighted by Crippen LogP contribution is -2.38. The van der Waals surface area contributed by atoms with Crippen LogP contribution in [0.25, 0.3) is 0 Å². The van der Waals surface area contributed by atoms with Crippen molar-refractivity contribution in [2.75, 3.05) is 43.0 Å². The summed E-state index contributed by atoms with van der Waals surface area (Å²) >= 11 is 0. The van der Waals surface area contributed by atoms with E-state index in [1.807, 2.05) is 18.7 Å². The highest BCUT2D eigenvalue weighted by atomic mass is 16.5. The average molecular weight is 502 g/mol. The summed E-state index contributed by atoms with van der Waals surface area (Å²) in [6.07, 6.45) is 1.60. The number of hydrogen-bond donors (Lipinski definition) is 1. The van der Waals surface area contributed by atoms with E-state index >= 15 is 0 Å². The first-order valence-electron chi connectivity index (χ1n) is 12.8. The van der Waals surface area contributed by atoms with Crippen molar-refractivity contribution in [2.45, 2.75) is 40.5 Å². The quantitative estimate of drug-likeness (QED) is 0.483. The summed E-state index contributed by atoms with van der Waals surface area (Å²) in [6.45, 7) is 10.9. The van der Waals surface area contributed by atoms with Gasteiger partial charge >= 0.3 is 12.0 Å². The van der Waals surface area contributed by atoms with Crippen LogP contribution in [0.15, 0.2) is 48.5 Å². The second-order valence-electron chi connectivity index (χ2n) is 9.38. The van der Waals surface area contributed by atoms with Crippen LogP contribution in [0.4, 0.5) is 16.3 Å². The Labute approximate surface area is 218 Å². The minimum absolute atomic E-state index is 0.152. The van der Waals surface area contributed by atoms with Gasteiger partial charge in [0.15, 0.2) is 0 Å². The van der Waals surface area contributed by atoms with Crippen LogP contribution in [0, 0.1) is 20.8 Å². The number of aryl methyl sites for hydroxylation is 3. The molecule has 8 heteroatoms. The Bertz CT molecular complexity index is 1240. The highest BCUT2D eigenvalue weighted by Gasteiger charge is 2.23. The molecule has 8 nitrogen and oxygen atoms in total. The van der Waals surface area contributed by atoms with Crippen LogP contribution in [-0.4, -0.2) is 59.7 Å². The fourth-order valence-corrected chi connectivity index (χ4v) is 4.54. The van der Waals surface area contributed by atoms with E-state index in [1.165, 1.54) is 11.1 Å². The Balaban J connectivity index is 1.44. The lowest BCUT2D eigenvalue weighted by Gasteiger charge is -2.26. The Morgan fingerprint density at radius 1 is 0.919 bits per heavy atom. The monoisotopic (exact) mass is 501 g/mol. The standard InChI is InChI=1S/C29H35N5O3/c1-5-37-28(35)24-11-13-25(14-12-24)32-29(36)34-16-6-15-33(17-18-34)27-26(21(3)30-22(4)31-27)19-23-9-7-20(2)8-10-23/h7-14H,5-6,15-19H2,1-4H3,(H,32,36). The molecule has 2 heterocycles. The molecule has 1 aromatic heterocycles. The topological polar surface area (TPSA) is 87.7 Å². The van der Waals surface area contributed by atoms with Crippen molar-refractivity contribution in [1.82, 2.24) is 14.9 Å². The number of aromatic nitrogens is 2. The Kier molecular flexibility index (Phi) is 8.38. The van der Waals surface area contributed by atoms with Gasteiger partial charge in [-0.15, -0.1) is 0 Å². The molecule has 0 aliphatic carbocycles. The van der Waals surface area contributed by atoms with Gasteiger partial charge in [-0.25, -0.2) is 19.6 Å². The summed E-state index contributed by atoms with van der Waals surface area (Å²) < 4.78 is 5.02. The zero-order valence-electron chi connectivity index (χ0n) is 22.1. The molecule has 37 heavy (non-hydrogen) atoms. The van der Waals surface area contributed by atoms with E-state index in [-0.39, 0.29) is 12.0 Å². The molecule has 2 amide bonds. The van der Waals surface area contributed by atoms with Crippen molar-refractivity contribution in [3.63, 3.8) is 0 Å². The molecule has 0 bridgehead atoms. The van der Waals surface area contributed by atoms with E-state index in [4.69, 9.17) is 9.72 Å². The lowest BCUT2D eigenvalue weighted by atomic mass is 10.0. The number of esters is 1. The first-order chi connectivity index (χ1) is 17.8. The van der Waals surface area contributed by atoms with Crippen LogP contribution in [0.3, 0.4) is 0 Å². The predicted octanol–water partition coefficient (Wildman–Crippen LogP) is 4.91. The molecule has 0 spiro atoms. The molecule has 0 radical (unpaired) electrons. The maximum Gasteiger partial charge on any atom is 0.338 e. The molecule has 0 unspecified atom stereocenters. The van der Waals surface area contributed by atoms with Crippen molar-refractivity contribution in [1.29, 1.82) is 0 Å². The van der Waals surface area contributed by atoms with Gasteiger partial charge in [0, 0.05) is 49.5 Å². The number of rotatable bonds is 6. The number of amides is 2. The zero-order chi connectivity index (χ0) is 26.4. The third-order valence-corrected chi connectivity index (χ3v) is 6.54. The fourth-order valence-electron chi connectivity index (χ4n) is 4.54. The normalized spacial score (nSPS) is 13.7. The lowest BCUT2D eigenvalue weighted by molar-refractivity contribution is 0.0526. The zero-order valence-corrected chi connectivity index (χ0v) is 22.1. The maximum absolute atomic E-state index is 13.0. The molecule has 1 aliphatic rings. The Morgan fingerprint density at radius 3 is 2.35 bits per heavy atom. The van der Waals surface area contributed by atoms with Crippen molar-refractivity contribution < 1.29 is 14.3 Å².